The van der Waals surface area contributed by atoms with E-state index in [1.165, 1.54) is 0 Å². The van der Waals surface area contributed by atoms with Gasteiger partial charge in [0.25, 0.3) is 0 Å². The average Bonchev–Trinajstić information content (AvgIpc) is 2.80. The van der Waals surface area contributed by atoms with Crippen LogP contribution < -0.4 is 15.8 Å². The van der Waals surface area contributed by atoms with Gasteiger partial charge in [-0.2, -0.15) is 0 Å². The number of hydrogen-bond acceptors (Lipinski definition) is 6. The zero-order valence-corrected chi connectivity index (χ0v) is 19.1. The SMILES string of the molecule is CC(C)[C@H](Nc1nc(CNS(=O)(=O)c2cccc3ccccc23)nc2ccccc12)C(N)=O. The normalized spacial score (nSPS) is 12.8. The van der Waals surface area contributed by atoms with Crippen LogP contribution in [-0.4, -0.2) is 30.3 Å². The van der Waals surface area contributed by atoms with Crippen LogP contribution >= 0.6 is 0 Å². The number of para-hydroxylation sites is 1. The maximum atomic E-state index is 13.1. The summed E-state index contributed by atoms with van der Waals surface area (Å²) in [7, 11) is -3.83. The van der Waals surface area contributed by atoms with Crippen molar-refractivity contribution in [1.29, 1.82) is 0 Å². The van der Waals surface area contributed by atoms with Crippen LogP contribution in [0.3, 0.4) is 0 Å². The van der Waals surface area contributed by atoms with Gasteiger partial charge in [-0.1, -0.05) is 62.4 Å². The predicted octanol–water partition coefficient (Wildman–Crippen LogP) is 3.18. The van der Waals surface area contributed by atoms with Crippen molar-refractivity contribution in [1.82, 2.24) is 14.7 Å². The Kier molecular flexibility index (Phi) is 6.26. The quantitative estimate of drug-likeness (QED) is 0.368. The number of fused-ring (bicyclic) bond motifs is 2. The fourth-order valence-electron chi connectivity index (χ4n) is 3.69. The molecule has 1 heterocycles. The van der Waals surface area contributed by atoms with E-state index in [-0.39, 0.29) is 23.2 Å². The smallest absolute Gasteiger partial charge is 0.241 e. The molecule has 0 spiro atoms. The monoisotopic (exact) mass is 463 g/mol. The number of carbonyl (C=O) groups excluding carboxylic acids is 1. The summed E-state index contributed by atoms with van der Waals surface area (Å²) in [5.74, 6) is 0.139. The molecule has 3 aromatic carbocycles. The molecule has 1 aromatic heterocycles. The largest absolute Gasteiger partial charge is 0.368 e. The van der Waals surface area contributed by atoms with Gasteiger partial charge in [-0.3, -0.25) is 4.79 Å². The molecular weight excluding hydrogens is 438 g/mol. The molecule has 9 heteroatoms. The molecule has 8 nitrogen and oxygen atoms in total. The number of rotatable bonds is 8. The molecule has 0 radical (unpaired) electrons. The highest BCUT2D eigenvalue weighted by molar-refractivity contribution is 7.89. The van der Waals surface area contributed by atoms with Crippen LogP contribution in [0.2, 0.25) is 0 Å². The lowest BCUT2D eigenvalue weighted by atomic mass is 10.0. The highest BCUT2D eigenvalue weighted by Gasteiger charge is 2.22. The van der Waals surface area contributed by atoms with Gasteiger partial charge in [0.05, 0.1) is 17.0 Å². The number of primary amides is 1. The van der Waals surface area contributed by atoms with Gasteiger partial charge in [-0.25, -0.2) is 23.1 Å². The van der Waals surface area contributed by atoms with Gasteiger partial charge in [0.1, 0.15) is 17.7 Å². The highest BCUT2D eigenvalue weighted by atomic mass is 32.2. The Hall–Kier alpha value is -3.56. The first kappa shape index (κ1) is 22.6. The number of aromatic nitrogens is 2. The lowest BCUT2D eigenvalue weighted by Crippen LogP contribution is -2.40. The van der Waals surface area contributed by atoms with E-state index in [4.69, 9.17) is 5.73 Å². The van der Waals surface area contributed by atoms with Gasteiger partial charge in [-0.15, -0.1) is 0 Å². The number of hydrogen-bond donors (Lipinski definition) is 3. The molecule has 4 aromatic rings. The van der Waals surface area contributed by atoms with E-state index < -0.39 is 22.0 Å². The van der Waals surface area contributed by atoms with E-state index in [9.17, 15) is 13.2 Å². The van der Waals surface area contributed by atoms with Crippen molar-refractivity contribution >= 4 is 43.4 Å². The molecule has 33 heavy (non-hydrogen) atoms. The van der Waals surface area contributed by atoms with E-state index in [0.29, 0.717) is 22.1 Å². The van der Waals surface area contributed by atoms with Crippen LogP contribution in [-0.2, 0) is 21.4 Å². The summed E-state index contributed by atoms with van der Waals surface area (Å²) in [6, 6.07) is 19.1. The number of anilines is 1. The molecule has 0 aliphatic rings. The third-order valence-electron chi connectivity index (χ3n) is 5.37. The van der Waals surface area contributed by atoms with Gasteiger partial charge in [0.15, 0.2) is 0 Å². The van der Waals surface area contributed by atoms with Gasteiger partial charge in [0.2, 0.25) is 15.9 Å². The molecule has 0 saturated heterocycles. The van der Waals surface area contributed by atoms with Crippen LogP contribution in [0.1, 0.15) is 19.7 Å². The average molecular weight is 464 g/mol. The van der Waals surface area contributed by atoms with Crippen molar-refractivity contribution < 1.29 is 13.2 Å². The minimum absolute atomic E-state index is 0.0652. The van der Waals surface area contributed by atoms with Crippen LogP contribution in [0, 0.1) is 5.92 Å². The molecule has 0 saturated carbocycles. The topological polar surface area (TPSA) is 127 Å². The van der Waals surface area contributed by atoms with Crippen molar-refractivity contribution in [3.63, 3.8) is 0 Å². The molecular formula is C24H25N5O3S. The van der Waals surface area contributed by atoms with E-state index in [2.05, 4.69) is 20.0 Å². The molecule has 1 atom stereocenters. The van der Waals surface area contributed by atoms with Gasteiger partial charge >= 0.3 is 0 Å². The van der Waals surface area contributed by atoms with Crippen molar-refractivity contribution in [3.05, 3.63) is 72.6 Å². The van der Waals surface area contributed by atoms with Gasteiger partial charge in [-0.05, 0) is 29.5 Å². The van der Waals surface area contributed by atoms with Gasteiger partial charge in [0, 0.05) is 10.8 Å². The van der Waals surface area contributed by atoms with Crippen molar-refractivity contribution in [2.75, 3.05) is 5.32 Å². The maximum absolute atomic E-state index is 13.1. The summed E-state index contributed by atoms with van der Waals surface area (Å²) < 4.78 is 28.8. The molecule has 4 rings (SSSR count). The number of sulfonamides is 1. The van der Waals surface area contributed by atoms with Crippen molar-refractivity contribution in [2.24, 2.45) is 11.7 Å². The van der Waals surface area contributed by atoms with E-state index in [1.54, 1.807) is 30.3 Å². The second-order valence-corrected chi connectivity index (χ2v) is 9.81. The van der Waals surface area contributed by atoms with Crippen molar-refractivity contribution in [2.45, 2.75) is 31.3 Å². The molecule has 0 aliphatic heterocycles. The molecule has 0 unspecified atom stereocenters. The maximum Gasteiger partial charge on any atom is 0.241 e. The Morgan fingerprint density at radius 2 is 1.61 bits per heavy atom. The third kappa shape index (κ3) is 4.79. The number of nitrogens with two attached hydrogens (primary N) is 1. The molecule has 170 valence electrons. The number of carbonyl (C=O) groups is 1. The van der Waals surface area contributed by atoms with E-state index >= 15 is 0 Å². The lowest BCUT2D eigenvalue weighted by Gasteiger charge is -2.21. The Bertz CT molecular complexity index is 1430. The van der Waals surface area contributed by atoms with E-state index in [1.807, 2.05) is 50.2 Å². The Labute approximate surface area is 192 Å². The highest BCUT2D eigenvalue weighted by Crippen LogP contribution is 2.24. The number of nitrogens with zero attached hydrogens (tertiary/aromatic N) is 2. The number of nitrogens with one attached hydrogen (secondary N) is 2. The summed E-state index contributed by atoms with van der Waals surface area (Å²) in [6.45, 7) is 3.64. The molecule has 0 fully saturated rings. The first-order valence-corrected chi connectivity index (χ1v) is 12.0. The predicted molar refractivity (Wildman–Crippen MR) is 129 cm³/mol. The fraction of sp³-hybridized carbons (Fsp3) is 0.208. The fourth-order valence-corrected chi connectivity index (χ4v) is 4.90. The number of amides is 1. The summed E-state index contributed by atoms with van der Waals surface area (Å²) in [5.41, 5.74) is 6.18. The second-order valence-electron chi connectivity index (χ2n) is 8.08. The van der Waals surface area contributed by atoms with Crippen LogP contribution in [0.5, 0.6) is 0 Å². The first-order chi connectivity index (χ1) is 15.8. The van der Waals surface area contributed by atoms with Crippen molar-refractivity contribution in [3.8, 4) is 0 Å². The molecule has 4 N–H and O–H groups in total. The van der Waals surface area contributed by atoms with Gasteiger partial charge < -0.3 is 11.1 Å². The minimum Gasteiger partial charge on any atom is -0.368 e. The second kappa shape index (κ2) is 9.13. The minimum atomic E-state index is -3.83. The van der Waals surface area contributed by atoms with Crippen LogP contribution in [0.15, 0.2) is 71.6 Å². The Morgan fingerprint density at radius 1 is 0.939 bits per heavy atom. The third-order valence-corrected chi connectivity index (χ3v) is 6.83. The Morgan fingerprint density at radius 3 is 2.33 bits per heavy atom. The zero-order valence-electron chi connectivity index (χ0n) is 18.3. The first-order valence-electron chi connectivity index (χ1n) is 10.6. The van der Waals surface area contributed by atoms with E-state index in [0.717, 1.165) is 5.39 Å². The molecule has 0 bridgehead atoms. The summed E-state index contributed by atoms with van der Waals surface area (Å²) in [5, 5.41) is 5.29. The number of benzene rings is 3. The lowest BCUT2D eigenvalue weighted by molar-refractivity contribution is -0.119. The summed E-state index contributed by atoms with van der Waals surface area (Å²) >= 11 is 0. The standard InChI is InChI=1S/C24H25N5O3S/c1-15(2)22(23(25)30)29-24-18-11-5-6-12-19(18)27-21(28-24)14-26-33(31,32)20-13-7-9-16-8-3-4-10-17(16)20/h3-13,15,22,26H,14H2,1-2H3,(H2,25,30)(H,27,28,29)/t22-/m0/s1. The summed E-state index contributed by atoms with van der Waals surface area (Å²) in [6.07, 6.45) is 0. The van der Waals surface area contributed by atoms with Crippen LogP contribution in [0.4, 0.5) is 5.82 Å². The Balaban J connectivity index is 1.67. The molecule has 0 aliphatic carbocycles. The summed E-state index contributed by atoms with van der Waals surface area (Å²) in [4.78, 5) is 21.1. The zero-order chi connectivity index (χ0) is 23.6. The molecule has 1 amide bonds. The van der Waals surface area contributed by atoms with Crippen LogP contribution in [0.25, 0.3) is 21.7 Å².